The van der Waals surface area contributed by atoms with Gasteiger partial charge in [-0.15, -0.1) is 0 Å². The van der Waals surface area contributed by atoms with Gasteiger partial charge in [-0.2, -0.15) is 0 Å². The number of ether oxygens (including phenoxy) is 2. The molecule has 9 nitrogen and oxygen atoms in total. The van der Waals surface area contributed by atoms with Crippen LogP contribution in [-0.4, -0.2) is 70.0 Å². The van der Waals surface area contributed by atoms with Crippen LogP contribution >= 0.6 is 7.82 Å². The van der Waals surface area contributed by atoms with Gasteiger partial charge < -0.3 is 27.9 Å². The molecule has 0 N–H and O–H groups in total. The van der Waals surface area contributed by atoms with E-state index in [4.69, 9.17) is 18.5 Å². The summed E-state index contributed by atoms with van der Waals surface area (Å²) in [5.74, 6) is -0.827. The summed E-state index contributed by atoms with van der Waals surface area (Å²) >= 11 is 0. The Hall–Kier alpha value is -0.990. The maximum atomic E-state index is 12.7. The molecule has 0 saturated heterocycles. The van der Waals surface area contributed by atoms with Crippen LogP contribution in [0.25, 0.3) is 0 Å². The highest BCUT2D eigenvalue weighted by molar-refractivity contribution is 7.45. The fourth-order valence-corrected chi connectivity index (χ4v) is 7.62. The molecular formula is C46H92NO8P. The van der Waals surface area contributed by atoms with Gasteiger partial charge in [-0.25, -0.2) is 0 Å². The van der Waals surface area contributed by atoms with Crippen molar-refractivity contribution in [3.8, 4) is 0 Å². The lowest BCUT2D eigenvalue weighted by Gasteiger charge is -2.28. The van der Waals surface area contributed by atoms with E-state index in [-0.39, 0.29) is 32.0 Å². The van der Waals surface area contributed by atoms with E-state index in [1.807, 2.05) is 21.1 Å². The number of carbonyl (C=O) groups is 2. The summed E-state index contributed by atoms with van der Waals surface area (Å²) in [6, 6.07) is 0. The molecular weight excluding hydrogens is 725 g/mol. The first-order valence-electron chi connectivity index (χ1n) is 23.7. The molecule has 0 aromatic heterocycles. The molecule has 0 aliphatic rings. The minimum absolute atomic E-state index is 0.0260. The highest BCUT2D eigenvalue weighted by atomic mass is 31.2. The third-order valence-corrected chi connectivity index (χ3v) is 11.6. The number of rotatable bonds is 44. The Morgan fingerprint density at radius 1 is 0.482 bits per heavy atom. The number of hydrogen-bond donors (Lipinski definition) is 0. The molecule has 0 bridgehead atoms. The highest BCUT2D eigenvalue weighted by Crippen LogP contribution is 2.38. The molecule has 0 saturated carbocycles. The first-order valence-corrected chi connectivity index (χ1v) is 25.2. The van der Waals surface area contributed by atoms with Crippen LogP contribution in [0.4, 0.5) is 0 Å². The van der Waals surface area contributed by atoms with Crippen molar-refractivity contribution in [2.45, 2.75) is 238 Å². The van der Waals surface area contributed by atoms with Gasteiger partial charge in [0.05, 0.1) is 27.7 Å². The summed E-state index contributed by atoms with van der Waals surface area (Å²) in [5, 5.41) is 0. The predicted octanol–water partition coefficient (Wildman–Crippen LogP) is 13.0. The molecule has 334 valence electrons. The molecule has 0 aliphatic carbocycles. The van der Waals surface area contributed by atoms with Gasteiger partial charge in [0.1, 0.15) is 19.8 Å². The number of hydrogen-bond acceptors (Lipinski definition) is 8. The van der Waals surface area contributed by atoms with Crippen molar-refractivity contribution in [2.75, 3.05) is 47.5 Å². The summed E-state index contributed by atoms with van der Waals surface area (Å²) in [6.07, 6.45) is 40.3. The van der Waals surface area contributed by atoms with E-state index < -0.39 is 26.5 Å². The van der Waals surface area contributed by atoms with Gasteiger partial charge >= 0.3 is 11.9 Å². The van der Waals surface area contributed by atoms with E-state index in [1.165, 1.54) is 167 Å². The van der Waals surface area contributed by atoms with Crippen LogP contribution < -0.4 is 4.89 Å². The van der Waals surface area contributed by atoms with Crippen LogP contribution in [0.5, 0.6) is 0 Å². The maximum absolute atomic E-state index is 12.7. The smallest absolute Gasteiger partial charge is 0.306 e. The van der Waals surface area contributed by atoms with Crippen molar-refractivity contribution in [3.63, 3.8) is 0 Å². The molecule has 0 aromatic carbocycles. The van der Waals surface area contributed by atoms with Gasteiger partial charge in [-0.1, -0.05) is 206 Å². The molecule has 0 aliphatic heterocycles. The minimum Gasteiger partial charge on any atom is -0.756 e. The summed E-state index contributed by atoms with van der Waals surface area (Å²) in [7, 11) is 1.18. The fraction of sp³-hybridized carbons (Fsp3) is 0.957. The molecule has 0 radical (unpaired) electrons. The molecule has 2 atom stereocenters. The van der Waals surface area contributed by atoms with Gasteiger partial charge in [0.2, 0.25) is 0 Å². The average Bonchev–Trinajstić information content (AvgIpc) is 3.15. The summed E-state index contributed by atoms with van der Waals surface area (Å²) in [5.41, 5.74) is 0. The third-order valence-electron chi connectivity index (χ3n) is 10.6. The van der Waals surface area contributed by atoms with Crippen LogP contribution in [0, 0.1) is 0 Å². The maximum Gasteiger partial charge on any atom is 0.306 e. The van der Waals surface area contributed by atoms with Crippen LogP contribution in [-0.2, 0) is 32.7 Å². The van der Waals surface area contributed by atoms with E-state index in [9.17, 15) is 19.0 Å². The number of nitrogens with zero attached hydrogens (tertiary/aromatic N) is 1. The van der Waals surface area contributed by atoms with Gasteiger partial charge in [0, 0.05) is 12.8 Å². The van der Waals surface area contributed by atoms with Crippen molar-refractivity contribution in [1.82, 2.24) is 0 Å². The second-order valence-electron chi connectivity index (χ2n) is 17.5. The summed E-state index contributed by atoms with van der Waals surface area (Å²) < 4.78 is 33.8. The zero-order valence-electron chi connectivity index (χ0n) is 37.6. The quantitative estimate of drug-likeness (QED) is 0.0259. The van der Waals surface area contributed by atoms with E-state index in [0.29, 0.717) is 17.4 Å². The lowest BCUT2D eigenvalue weighted by Crippen LogP contribution is -2.37. The molecule has 0 fully saturated rings. The molecule has 0 heterocycles. The fourth-order valence-electron chi connectivity index (χ4n) is 6.89. The van der Waals surface area contributed by atoms with E-state index >= 15 is 0 Å². The van der Waals surface area contributed by atoms with Gasteiger partial charge in [-0.3, -0.25) is 14.2 Å². The van der Waals surface area contributed by atoms with Crippen LogP contribution in [0.1, 0.15) is 232 Å². The number of unbranched alkanes of at least 4 members (excludes halogenated alkanes) is 30. The number of esters is 2. The first kappa shape index (κ1) is 55.0. The lowest BCUT2D eigenvalue weighted by atomic mass is 10.0. The van der Waals surface area contributed by atoms with Crippen LogP contribution in [0.3, 0.4) is 0 Å². The topological polar surface area (TPSA) is 111 Å². The Bertz CT molecular complexity index is 927. The summed E-state index contributed by atoms with van der Waals surface area (Å²) in [6.45, 7) is 4.22. The summed E-state index contributed by atoms with van der Waals surface area (Å²) in [4.78, 5) is 37.3. The van der Waals surface area contributed by atoms with Gasteiger partial charge in [0.25, 0.3) is 7.82 Å². The molecule has 0 spiro atoms. The molecule has 0 amide bonds. The number of phosphoric ester groups is 1. The van der Waals surface area contributed by atoms with Crippen molar-refractivity contribution < 1.29 is 42.1 Å². The Balaban J connectivity index is 4.02. The highest BCUT2D eigenvalue weighted by Gasteiger charge is 2.21. The number of quaternary nitrogens is 1. The van der Waals surface area contributed by atoms with Crippen molar-refractivity contribution in [2.24, 2.45) is 0 Å². The van der Waals surface area contributed by atoms with E-state index in [2.05, 4.69) is 13.8 Å². The molecule has 56 heavy (non-hydrogen) atoms. The molecule has 10 heteroatoms. The normalized spacial score (nSPS) is 13.5. The zero-order valence-corrected chi connectivity index (χ0v) is 38.5. The third kappa shape index (κ3) is 42.6. The van der Waals surface area contributed by atoms with Crippen molar-refractivity contribution in [3.05, 3.63) is 0 Å². The Morgan fingerprint density at radius 2 is 0.804 bits per heavy atom. The lowest BCUT2D eigenvalue weighted by molar-refractivity contribution is -0.870. The minimum atomic E-state index is -4.61. The first-order chi connectivity index (χ1) is 27.0. The Kier molecular flexibility index (Phi) is 38.8. The monoisotopic (exact) mass is 818 g/mol. The molecule has 0 aromatic rings. The number of likely N-dealkylation sites (N-methyl/N-ethyl adjacent to an activating group) is 1. The SMILES string of the molecule is CCCCCCCCCCCCCCCCCCCCCCCCCCCC(=O)OC(COC(=O)CCCCCCCCC)COP(=O)([O-])OCC[N+](C)(C)C. The second-order valence-corrected chi connectivity index (χ2v) is 18.9. The van der Waals surface area contributed by atoms with Gasteiger partial charge in [-0.05, 0) is 12.8 Å². The Morgan fingerprint density at radius 3 is 1.14 bits per heavy atom. The van der Waals surface area contributed by atoms with Crippen molar-refractivity contribution in [1.29, 1.82) is 0 Å². The zero-order chi connectivity index (χ0) is 41.4. The van der Waals surface area contributed by atoms with E-state index in [0.717, 1.165) is 32.1 Å². The number of carbonyl (C=O) groups excluding carboxylic acids is 2. The van der Waals surface area contributed by atoms with E-state index in [1.54, 1.807) is 0 Å². The van der Waals surface area contributed by atoms with Crippen molar-refractivity contribution >= 4 is 19.8 Å². The average molecular weight is 818 g/mol. The Labute approximate surface area is 346 Å². The van der Waals surface area contributed by atoms with Gasteiger partial charge in [0.15, 0.2) is 6.10 Å². The number of phosphoric acid groups is 1. The van der Waals surface area contributed by atoms with Crippen LogP contribution in [0.15, 0.2) is 0 Å². The molecule has 0 rings (SSSR count). The second kappa shape index (κ2) is 39.5. The predicted molar refractivity (Wildman–Crippen MR) is 232 cm³/mol. The molecule has 2 unspecified atom stereocenters. The standard InChI is InChI=1S/C46H92NO8P/c1-6-8-10-12-14-15-16-17-18-19-20-21-22-23-24-25-26-27-28-29-30-31-33-35-37-39-46(49)55-44(43-54-56(50,51)53-41-40-47(3,4)5)42-52-45(48)38-36-34-32-13-11-9-7-2/h44H,6-43H2,1-5H3. The largest absolute Gasteiger partial charge is 0.756 e. The van der Waals surface area contributed by atoms with Crippen LogP contribution in [0.2, 0.25) is 0 Å².